The molecule has 0 radical (unpaired) electrons. The lowest BCUT2D eigenvalue weighted by molar-refractivity contribution is -0.116. The zero-order chi connectivity index (χ0) is 20.2. The van der Waals surface area contributed by atoms with Crippen LogP contribution in [0, 0.1) is 0 Å². The summed E-state index contributed by atoms with van der Waals surface area (Å²) in [6, 6.07) is 24.9. The van der Waals surface area contributed by atoms with Crippen molar-refractivity contribution in [3.63, 3.8) is 0 Å². The first-order valence-electron chi connectivity index (χ1n) is 10.0. The molecule has 1 aromatic heterocycles. The van der Waals surface area contributed by atoms with E-state index < -0.39 is 0 Å². The average Bonchev–Trinajstić information content (AvgIpc) is 2.79. The van der Waals surface area contributed by atoms with Crippen molar-refractivity contribution in [2.45, 2.75) is 18.9 Å². The molecule has 0 bridgehead atoms. The van der Waals surface area contributed by atoms with Crippen molar-refractivity contribution in [2.75, 3.05) is 13.1 Å². The highest BCUT2D eigenvalue weighted by atomic mass is 16.1. The zero-order valence-electron chi connectivity index (χ0n) is 16.5. The van der Waals surface area contributed by atoms with E-state index in [0.717, 1.165) is 24.9 Å². The van der Waals surface area contributed by atoms with Crippen LogP contribution >= 0.6 is 0 Å². The first-order chi connectivity index (χ1) is 14.3. The number of amides is 1. The van der Waals surface area contributed by atoms with Gasteiger partial charge in [0, 0.05) is 25.0 Å². The summed E-state index contributed by atoms with van der Waals surface area (Å²) in [7, 11) is 0. The number of benzene rings is 2. The van der Waals surface area contributed by atoms with Crippen molar-refractivity contribution in [3.8, 4) is 0 Å². The van der Waals surface area contributed by atoms with Gasteiger partial charge >= 0.3 is 0 Å². The van der Waals surface area contributed by atoms with Crippen LogP contribution in [-0.4, -0.2) is 24.0 Å². The SMILES string of the molecule is O=C(/C=C\c1cccnc1)NCCCCNC(c1ccccc1)c1ccccc1. The lowest BCUT2D eigenvalue weighted by atomic mass is 9.98. The molecule has 0 saturated carbocycles. The molecule has 0 spiro atoms. The summed E-state index contributed by atoms with van der Waals surface area (Å²) >= 11 is 0. The van der Waals surface area contributed by atoms with Gasteiger partial charge in [0.1, 0.15) is 0 Å². The molecule has 2 N–H and O–H groups in total. The van der Waals surface area contributed by atoms with E-state index in [1.165, 1.54) is 11.1 Å². The fourth-order valence-electron chi connectivity index (χ4n) is 3.13. The Morgan fingerprint density at radius 3 is 2.14 bits per heavy atom. The van der Waals surface area contributed by atoms with Gasteiger partial charge in [-0.1, -0.05) is 66.7 Å². The Bertz CT molecular complexity index is 840. The Balaban J connectivity index is 1.40. The lowest BCUT2D eigenvalue weighted by Gasteiger charge is -2.20. The third kappa shape index (κ3) is 7.01. The molecule has 29 heavy (non-hydrogen) atoms. The predicted molar refractivity (Wildman–Crippen MR) is 118 cm³/mol. The van der Waals surface area contributed by atoms with E-state index in [0.29, 0.717) is 6.54 Å². The zero-order valence-corrected chi connectivity index (χ0v) is 16.5. The summed E-state index contributed by atoms with van der Waals surface area (Å²) in [5.41, 5.74) is 3.43. The minimum Gasteiger partial charge on any atom is -0.353 e. The van der Waals surface area contributed by atoms with Gasteiger partial charge in [-0.05, 0) is 48.2 Å². The van der Waals surface area contributed by atoms with Gasteiger partial charge in [-0.2, -0.15) is 0 Å². The third-order valence-corrected chi connectivity index (χ3v) is 4.63. The van der Waals surface area contributed by atoms with Gasteiger partial charge in [0.2, 0.25) is 5.91 Å². The third-order valence-electron chi connectivity index (χ3n) is 4.63. The Morgan fingerprint density at radius 1 is 0.862 bits per heavy atom. The molecule has 148 valence electrons. The molecule has 0 atom stereocenters. The lowest BCUT2D eigenvalue weighted by Crippen LogP contribution is -2.26. The number of aromatic nitrogens is 1. The van der Waals surface area contributed by atoms with E-state index in [4.69, 9.17) is 0 Å². The Hall–Kier alpha value is -3.24. The molecule has 0 aliphatic carbocycles. The normalized spacial score (nSPS) is 11.1. The van der Waals surface area contributed by atoms with E-state index in [1.54, 1.807) is 24.5 Å². The fourth-order valence-corrected chi connectivity index (χ4v) is 3.13. The van der Waals surface area contributed by atoms with E-state index >= 15 is 0 Å². The van der Waals surface area contributed by atoms with E-state index in [2.05, 4.69) is 64.1 Å². The van der Waals surface area contributed by atoms with Crippen LogP contribution < -0.4 is 10.6 Å². The minimum atomic E-state index is -0.0757. The van der Waals surface area contributed by atoms with Gasteiger partial charge < -0.3 is 10.6 Å². The van der Waals surface area contributed by atoms with Gasteiger partial charge in [0.15, 0.2) is 0 Å². The van der Waals surface area contributed by atoms with Gasteiger partial charge in [-0.25, -0.2) is 0 Å². The van der Waals surface area contributed by atoms with Gasteiger partial charge in [-0.15, -0.1) is 0 Å². The molecule has 0 fully saturated rings. The number of nitrogens with zero attached hydrogens (tertiary/aromatic N) is 1. The molecular formula is C25H27N3O. The maximum atomic E-state index is 11.9. The number of hydrogen-bond donors (Lipinski definition) is 2. The Morgan fingerprint density at radius 2 is 1.52 bits per heavy atom. The van der Waals surface area contributed by atoms with Gasteiger partial charge in [0.25, 0.3) is 0 Å². The summed E-state index contributed by atoms with van der Waals surface area (Å²) in [6.07, 6.45) is 8.68. The van der Waals surface area contributed by atoms with Crippen LogP contribution in [0.4, 0.5) is 0 Å². The van der Waals surface area contributed by atoms with Gasteiger partial charge in [-0.3, -0.25) is 9.78 Å². The highest BCUT2D eigenvalue weighted by Gasteiger charge is 2.12. The minimum absolute atomic E-state index is 0.0757. The van der Waals surface area contributed by atoms with Crippen molar-refractivity contribution >= 4 is 12.0 Å². The number of hydrogen-bond acceptors (Lipinski definition) is 3. The first kappa shape index (κ1) is 20.5. The summed E-state index contributed by atoms with van der Waals surface area (Å²) in [6.45, 7) is 1.55. The first-order valence-corrected chi connectivity index (χ1v) is 10.0. The number of carbonyl (C=O) groups excluding carboxylic acids is 1. The molecular weight excluding hydrogens is 358 g/mol. The Labute approximate surface area is 172 Å². The molecule has 0 aliphatic heterocycles. The molecule has 1 amide bonds. The van der Waals surface area contributed by atoms with Crippen molar-refractivity contribution in [3.05, 3.63) is 108 Å². The molecule has 0 unspecified atom stereocenters. The maximum absolute atomic E-state index is 11.9. The topological polar surface area (TPSA) is 54.0 Å². The summed E-state index contributed by atoms with van der Waals surface area (Å²) in [5.74, 6) is -0.0757. The molecule has 4 heteroatoms. The van der Waals surface area contributed by atoms with Crippen LogP contribution in [-0.2, 0) is 4.79 Å². The molecule has 0 aliphatic rings. The second-order valence-corrected chi connectivity index (χ2v) is 6.83. The maximum Gasteiger partial charge on any atom is 0.243 e. The number of unbranched alkanes of at least 4 members (excludes halogenated alkanes) is 1. The van der Waals surface area contributed by atoms with Crippen LogP contribution in [0.3, 0.4) is 0 Å². The van der Waals surface area contributed by atoms with Crippen molar-refractivity contribution < 1.29 is 4.79 Å². The van der Waals surface area contributed by atoms with Crippen LogP contribution in [0.2, 0.25) is 0 Å². The number of rotatable bonds is 10. The van der Waals surface area contributed by atoms with E-state index in [9.17, 15) is 4.79 Å². The fraction of sp³-hybridized carbons (Fsp3) is 0.200. The average molecular weight is 386 g/mol. The Kier molecular flexibility index (Phi) is 8.18. The molecule has 1 heterocycles. The molecule has 3 rings (SSSR count). The van der Waals surface area contributed by atoms with Crippen LogP contribution in [0.25, 0.3) is 6.08 Å². The van der Waals surface area contributed by atoms with Crippen LogP contribution in [0.5, 0.6) is 0 Å². The predicted octanol–water partition coefficient (Wildman–Crippen LogP) is 4.37. The second kappa shape index (κ2) is 11.6. The highest BCUT2D eigenvalue weighted by molar-refractivity contribution is 5.91. The largest absolute Gasteiger partial charge is 0.353 e. The van der Waals surface area contributed by atoms with Crippen LogP contribution in [0.1, 0.15) is 35.6 Å². The summed E-state index contributed by atoms with van der Waals surface area (Å²) < 4.78 is 0. The van der Waals surface area contributed by atoms with Crippen molar-refractivity contribution in [2.24, 2.45) is 0 Å². The molecule has 0 saturated heterocycles. The monoisotopic (exact) mass is 385 g/mol. The van der Waals surface area contributed by atoms with Crippen LogP contribution in [0.15, 0.2) is 91.3 Å². The number of carbonyl (C=O) groups is 1. The second-order valence-electron chi connectivity index (χ2n) is 6.83. The molecule has 2 aromatic carbocycles. The summed E-state index contributed by atoms with van der Waals surface area (Å²) in [4.78, 5) is 15.9. The van der Waals surface area contributed by atoms with Crippen molar-refractivity contribution in [1.82, 2.24) is 15.6 Å². The van der Waals surface area contributed by atoms with E-state index in [1.807, 2.05) is 24.3 Å². The molecule has 4 nitrogen and oxygen atoms in total. The summed E-state index contributed by atoms with van der Waals surface area (Å²) in [5, 5.41) is 6.58. The quantitative estimate of drug-likeness (QED) is 0.402. The van der Waals surface area contributed by atoms with Crippen molar-refractivity contribution in [1.29, 1.82) is 0 Å². The highest BCUT2D eigenvalue weighted by Crippen LogP contribution is 2.21. The smallest absolute Gasteiger partial charge is 0.243 e. The molecule has 3 aromatic rings. The standard InChI is InChI=1S/C25H27N3O/c29-24(16-15-21-10-9-17-26-20-21)27-18-7-8-19-28-25(22-11-3-1-4-12-22)23-13-5-2-6-14-23/h1-6,9-17,20,25,28H,7-8,18-19H2,(H,27,29)/b16-15-. The number of pyridine rings is 1. The van der Waals surface area contributed by atoms with Gasteiger partial charge in [0.05, 0.1) is 6.04 Å². The number of nitrogens with one attached hydrogen (secondary N) is 2. The van der Waals surface area contributed by atoms with E-state index in [-0.39, 0.29) is 11.9 Å².